The number of guanidine groups is 1. The van der Waals surface area contributed by atoms with Gasteiger partial charge in [0.1, 0.15) is 0 Å². The van der Waals surface area contributed by atoms with Crippen molar-refractivity contribution in [1.82, 2.24) is 10.2 Å². The molecule has 2 N–H and O–H groups in total. The van der Waals surface area contributed by atoms with E-state index in [9.17, 15) is 5.11 Å². The summed E-state index contributed by atoms with van der Waals surface area (Å²) in [7, 11) is 2.04. The smallest absolute Gasteiger partial charge is 0.193 e. The van der Waals surface area contributed by atoms with Gasteiger partial charge in [-0.1, -0.05) is 30.3 Å². The minimum absolute atomic E-state index is 0.0530. The summed E-state index contributed by atoms with van der Waals surface area (Å²) in [5.74, 6) is 0.898. The molecule has 0 aliphatic rings. The quantitative estimate of drug-likeness (QED) is 0.335. The van der Waals surface area contributed by atoms with Crippen molar-refractivity contribution in [2.45, 2.75) is 32.9 Å². The Bertz CT molecular complexity index is 457. The zero-order chi connectivity index (χ0) is 15.5. The van der Waals surface area contributed by atoms with Crippen LogP contribution in [0.1, 0.15) is 30.9 Å². The number of hydrogen-bond donors (Lipinski definition) is 2. The number of aliphatic imine (C=N–C) groups is 1. The first-order valence-electron chi connectivity index (χ1n) is 7.50. The maximum Gasteiger partial charge on any atom is 0.193 e. The molecule has 0 aromatic heterocycles. The first-order valence-corrected chi connectivity index (χ1v) is 7.50. The Morgan fingerprint density at radius 1 is 1.38 bits per heavy atom. The van der Waals surface area contributed by atoms with Crippen molar-refractivity contribution in [3.63, 3.8) is 0 Å². The van der Waals surface area contributed by atoms with E-state index in [1.165, 1.54) is 0 Å². The molecule has 4 nitrogen and oxygen atoms in total. The zero-order valence-electron chi connectivity index (χ0n) is 13.2. The van der Waals surface area contributed by atoms with Gasteiger partial charge in [0.2, 0.25) is 0 Å². The highest BCUT2D eigenvalue weighted by molar-refractivity contribution is 5.79. The number of hydrogen-bond acceptors (Lipinski definition) is 2. The molecule has 0 saturated carbocycles. The number of aliphatic hydroxyl groups excluding tert-OH is 1. The predicted molar refractivity (Wildman–Crippen MR) is 89.2 cm³/mol. The Kier molecular flexibility index (Phi) is 8.21. The van der Waals surface area contributed by atoms with E-state index in [1.54, 1.807) is 0 Å². The highest BCUT2D eigenvalue weighted by atomic mass is 16.3. The molecular formula is C17H27N3O. The molecule has 0 aliphatic heterocycles. The molecule has 0 bridgehead atoms. The highest BCUT2D eigenvalue weighted by Gasteiger charge is 2.06. The van der Waals surface area contributed by atoms with Gasteiger partial charge in [-0.3, -0.25) is 0 Å². The normalized spacial score (nSPS) is 11.3. The Morgan fingerprint density at radius 2 is 2.10 bits per heavy atom. The van der Waals surface area contributed by atoms with Crippen molar-refractivity contribution in [2.75, 3.05) is 20.1 Å². The van der Waals surface area contributed by atoms with Crippen molar-refractivity contribution >= 4 is 5.96 Å². The van der Waals surface area contributed by atoms with Crippen molar-refractivity contribution in [3.8, 4) is 0 Å². The maximum absolute atomic E-state index is 9.36. The fourth-order valence-electron chi connectivity index (χ4n) is 2.07. The zero-order valence-corrected chi connectivity index (χ0v) is 13.2. The molecular weight excluding hydrogens is 262 g/mol. The number of allylic oxidation sites excluding steroid dienone is 1. The predicted octanol–water partition coefficient (Wildman–Crippen LogP) is 2.54. The lowest BCUT2D eigenvalue weighted by atomic mass is 10.1. The van der Waals surface area contributed by atoms with Crippen LogP contribution < -0.4 is 5.32 Å². The summed E-state index contributed by atoms with van der Waals surface area (Å²) >= 11 is 0. The Balaban J connectivity index is 2.72. The lowest BCUT2D eigenvalue weighted by Gasteiger charge is -2.22. The maximum atomic E-state index is 9.36. The highest BCUT2D eigenvalue weighted by Crippen LogP contribution is 2.10. The molecule has 1 aromatic rings. The second-order valence-corrected chi connectivity index (χ2v) is 4.95. The molecule has 1 aromatic carbocycles. The number of unbranched alkanes of at least 4 members (excludes halogenated alkanes) is 1. The van der Waals surface area contributed by atoms with Crippen molar-refractivity contribution in [1.29, 1.82) is 0 Å². The second-order valence-electron chi connectivity index (χ2n) is 4.95. The van der Waals surface area contributed by atoms with Crippen molar-refractivity contribution in [3.05, 3.63) is 48.0 Å². The molecule has 21 heavy (non-hydrogen) atoms. The van der Waals surface area contributed by atoms with Crippen LogP contribution in [0.2, 0.25) is 0 Å². The van der Waals surface area contributed by atoms with Crippen LogP contribution in [0.3, 0.4) is 0 Å². The number of nitrogens with one attached hydrogen (secondary N) is 1. The van der Waals surface area contributed by atoms with E-state index in [-0.39, 0.29) is 6.61 Å². The standard InChI is InChI=1S/C17H27N3O/c1-4-6-9-12-20(3)17(18-5-2)19-13-15-10-7-8-11-16(15)14-21/h4,7-8,10-11,21H,1,5-6,9,12-14H2,2-3H3,(H,18,19). The number of rotatable bonds is 8. The van der Waals surface area contributed by atoms with E-state index in [1.807, 2.05) is 37.4 Å². The lowest BCUT2D eigenvalue weighted by Crippen LogP contribution is -2.39. The lowest BCUT2D eigenvalue weighted by molar-refractivity contribution is 0.280. The van der Waals surface area contributed by atoms with Gasteiger partial charge < -0.3 is 15.3 Å². The Morgan fingerprint density at radius 3 is 2.71 bits per heavy atom. The number of aliphatic hydroxyl groups is 1. The average Bonchev–Trinajstić information content (AvgIpc) is 2.51. The van der Waals surface area contributed by atoms with E-state index >= 15 is 0 Å². The Labute approximate surface area is 128 Å². The van der Waals surface area contributed by atoms with Gasteiger partial charge in [-0.15, -0.1) is 6.58 Å². The largest absolute Gasteiger partial charge is 0.392 e. The SMILES string of the molecule is C=CCCCN(C)C(=NCc1ccccc1CO)NCC. The fourth-order valence-corrected chi connectivity index (χ4v) is 2.07. The summed E-state index contributed by atoms with van der Waals surface area (Å²) in [5.41, 5.74) is 2.00. The van der Waals surface area contributed by atoms with Gasteiger partial charge in [-0.25, -0.2) is 4.99 Å². The summed E-state index contributed by atoms with van der Waals surface area (Å²) in [5, 5.41) is 12.7. The van der Waals surface area contributed by atoms with Gasteiger partial charge in [0.15, 0.2) is 5.96 Å². The topological polar surface area (TPSA) is 47.9 Å². The van der Waals surface area contributed by atoms with Crippen LogP contribution in [0.15, 0.2) is 41.9 Å². The molecule has 1 rings (SSSR count). The van der Waals surface area contributed by atoms with Gasteiger partial charge in [0.25, 0.3) is 0 Å². The molecule has 0 radical (unpaired) electrons. The third-order valence-electron chi connectivity index (χ3n) is 3.29. The third kappa shape index (κ3) is 6.00. The summed E-state index contributed by atoms with van der Waals surface area (Å²) < 4.78 is 0. The summed E-state index contributed by atoms with van der Waals surface area (Å²) in [6.45, 7) is 8.22. The fraction of sp³-hybridized carbons (Fsp3) is 0.471. The molecule has 116 valence electrons. The van der Waals surface area contributed by atoms with Gasteiger partial charge >= 0.3 is 0 Å². The molecule has 4 heteroatoms. The van der Waals surface area contributed by atoms with Crippen molar-refractivity contribution < 1.29 is 5.11 Å². The van der Waals surface area contributed by atoms with E-state index in [2.05, 4.69) is 28.7 Å². The summed E-state index contributed by atoms with van der Waals surface area (Å²) in [6, 6.07) is 7.86. The number of nitrogens with zero attached hydrogens (tertiary/aromatic N) is 2. The van der Waals surface area contributed by atoms with Gasteiger partial charge in [0, 0.05) is 20.1 Å². The van der Waals surface area contributed by atoms with Crippen molar-refractivity contribution in [2.24, 2.45) is 4.99 Å². The molecule has 0 amide bonds. The molecule has 0 atom stereocenters. The molecule has 0 unspecified atom stereocenters. The van der Waals surface area contributed by atoms with Crippen LogP contribution >= 0.6 is 0 Å². The molecule has 0 fully saturated rings. The second kappa shape index (κ2) is 10.00. The van der Waals surface area contributed by atoms with Crippen LogP contribution in [0.4, 0.5) is 0 Å². The van der Waals surface area contributed by atoms with Crippen LogP contribution in [0, 0.1) is 0 Å². The Hall–Kier alpha value is -1.81. The molecule has 0 saturated heterocycles. The van der Waals surface area contributed by atoms with Gasteiger partial charge in [-0.05, 0) is 30.9 Å². The minimum Gasteiger partial charge on any atom is -0.392 e. The van der Waals surface area contributed by atoms with E-state index in [0.29, 0.717) is 6.54 Å². The van der Waals surface area contributed by atoms with Crippen LogP contribution in [-0.4, -0.2) is 36.1 Å². The monoisotopic (exact) mass is 289 g/mol. The van der Waals surface area contributed by atoms with E-state index < -0.39 is 0 Å². The van der Waals surface area contributed by atoms with E-state index in [0.717, 1.165) is 43.0 Å². The van der Waals surface area contributed by atoms with E-state index in [4.69, 9.17) is 0 Å². The molecule has 0 heterocycles. The first-order chi connectivity index (χ1) is 10.2. The molecule has 0 aliphatic carbocycles. The van der Waals surface area contributed by atoms with Crippen LogP contribution in [0.25, 0.3) is 0 Å². The average molecular weight is 289 g/mol. The molecule has 0 spiro atoms. The summed E-state index contributed by atoms with van der Waals surface area (Å²) in [6.07, 6.45) is 4.02. The first kappa shape index (κ1) is 17.2. The van der Waals surface area contributed by atoms with Crippen LogP contribution in [0.5, 0.6) is 0 Å². The van der Waals surface area contributed by atoms with Gasteiger partial charge in [0.05, 0.1) is 13.2 Å². The third-order valence-corrected chi connectivity index (χ3v) is 3.29. The van der Waals surface area contributed by atoms with Gasteiger partial charge in [-0.2, -0.15) is 0 Å². The minimum atomic E-state index is 0.0530. The van der Waals surface area contributed by atoms with Crippen LogP contribution in [-0.2, 0) is 13.2 Å². The number of benzene rings is 1. The summed E-state index contributed by atoms with van der Waals surface area (Å²) in [4.78, 5) is 6.80.